The van der Waals surface area contributed by atoms with E-state index in [1.807, 2.05) is 16.9 Å². The van der Waals surface area contributed by atoms with Crippen LogP contribution in [0.25, 0.3) is 0 Å². The van der Waals surface area contributed by atoms with Crippen LogP contribution in [0.5, 0.6) is 0 Å². The summed E-state index contributed by atoms with van der Waals surface area (Å²) in [6.45, 7) is 11.5. The molecule has 0 fully saturated rings. The van der Waals surface area contributed by atoms with Crippen LogP contribution in [0.4, 0.5) is 5.69 Å². The highest BCUT2D eigenvalue weighted by molar-refractivity contribution is 7.80. The molecule has 2 N–H and O–H groups in total. The van der Waals surface area contributed by atoms with Gasteiger partial charge in [0, 0.05) is 18.1 Å². The summed E-state index contributed by atoms with van der Waals surface area (Å²) in [6.07, 6.45) is 3.77. The van der Waals surface area contributed by atoms with E-state index in [4.69, 9.17) is 12.2 Å². The molecule has 23 heavy (non-hydrogen) atoms. The van der Waals surface area contributed by atoms with Gasteiger partial charge in [0.25, 0.3) is 0 Å². The van der Waals surface area contributed by atoms with Crippen LogP contribution in [0.3, 0.4) is 0 Å². The lowest BCUT2D eigenvalue weighted by molar-refractivity contribution is 0.262. The Bertz CT molecular complexity index is 656. The van der Waals surface area contributed by atoms with Gasteiger partial charge in [0.2, 0.25) is 0 Å². The van der Waals surface area contributed by atoms with Crippen LogP contribution in [0, 0.1) is 19.3 Å². The van der Waals surface area contributed by atoms with E-state index in [-0.39, 0.29) is 11.5 Å². The first-order valence-electron chi connectivity index (χ1n) is 7.88. The molecular weight excluding hydrogens is 304 g/mol. The third kappa shape index (κ3) is 5.06. The van der Waals surface area contributed by atoms with Gasteiger partial charge in [-0.05, 0) is 54.7 Å². The molecule has 0 aliphatic heterocycles. The minimum atomic E-state index is 0.0549. The Kier molecular flexibility index (Phi) is 5.42. The number of anilines is 1. The van der Waals surface area contributed by atoms with Gasteiger partial charge in [0.15, 0.2) is 5.11 Å². The molecule has 0 aliphatic rings. The second kappa shape index (κ2) is 7.13. The molecule has 4 nitrogen and oxygen atoms in total. The average molecular weight is 331 g/mol. The lowest BCUT2D eigenvalue weighted by Gasteiger charge is -2.32. The Labute approximate surface area is 144 Å². The summed E-state index contributed by atoms with van der Waals surface area (Å²) < 4.78 is 1.93. The fourth-order valence-electron chi connectivity index (χ4n) is 2.32. The summed E-state index contributed by atoms with van der Waals surface area (Å²) in [4.78, 5) is 0. The molecule has 0 saturated carbocycles. The summed E-state index contributed by atoms with van der Waals surface area (Å²) in [5.41, 5.74) is 3.50. The highest BCUT2D eigenvalue weighted by atomic mass is 32.1. The van der Waals surface area contributed by atoms with Crippen LogP contribution in [0.2, 0.25) is 0 Å². The molecule has 1 unspecified atom stereocenters. The minimum Gasteiger partial charge on any atom is -0.357 e. The van der Waals surface area contributed by atoms with Crippen molar-refractivity contribution >= 4 is 23.0 Å². The summed E-state index contributed by atoms with van der Waals surface area (Å²) in [6, 6.07) is 8.43. The second-order valence-corrected chi connectivity index (χ2v) is 7.47. The molecule has 2 rings (SSSR count). The van der Waals surface area contributed by atoms with Crippen LogP contribution >= 0.6 is 12.2 Å². The summed E-state index contributed by atoms with van der Waals surface area (Å²) in [5, 5.41) is 11.7. The van der Waals surface area contributed by atoms with Crippen molar-refractivity contribution in [1.82, 2.24) is 15.1 Å². The Morgan fingerprint density at radius 3 is 2.65 bits per heavy atom. The number of thiocarbonyl (C=S) groups is 1. The van der Waals surface area contributed by atoms with E-state index < -0.39 is 0 Å². The van der Waals surface area contributed by atoms with Crippen LogP contribution in [0.1, 0.15) is 31.9 Å². The zero-order valence-corrected chi connectivity index (χ0v) is 15.4. The predicted octanol–water partition coefficient (Wildman–Crippen LogP) is 3.90. The highest BCUT2D eigenvalue weighted by Gasteiger charge is 2.26. The molecule has 5 heteroatoms. The van der Waals surface area contributed by atoms with E-state index in [2.05, 4.69) is 68.6 Å². The highest BCUT2D eigenvalue weighted by Crippen LogP contribution is 2.21. The van der Waals surface area contributed by atoms with Crippen molar-refractivity contribution < 1.29 is 0 Å². The molecular formula is C18H26N4S. The molecule has 0 spiro atoms. The van der Waals surface area contributed by atoms with Crippen molar-refractivity contribution in [3.63, 3.8) is 0 Å². The number of nitrogens with one attached hydrogen (secondary N) is 2. The van der Waals surface area contributed by atoms with E-state index >= 15 is 0 Å². The molecule has 0 bridgehead atoms. The summed E-state index contributed by atoms with van der Waals surface area (Å²) >= 11 is 5.53. The fourth-order valence-corrected chi connectivity index (χ4v) is 2.57. The van der Waals surface area contributed by atoms with Gasteiger partial charge >= 0.3 is 0 Å². The zero-order valence-electron chi connectivity index (χ0n) is 14.6. The molecule has 2 aromatic rings. The lowest BCUT2D eigenvalue weighted by atomic mass is 9.87. The van der Waals surface area contributed by atoms with E-state index in [0.29, 0.717) is 5.11 Å². The zero-order chi connectivity index (χ0) is 17.0. The van der Waals surface area contributed by atoms with Crippen LogP contribution < -0.4 is 10.6 Å². The molecule has 124 valence electrons. The van der Waals surface area contributed by atoms with E-state index in [9.17, 15) is 0 Å². The minimum absolute atomic E-state index is 0.0549. The number of hydrogen-bond acceptors (Lipinski definition) is 2. The lowest BCUT2D eigenvalue weighted by Crippen LogP contribution is -2.48. The van der Waals surface area contributed by atoms with Crippen molar-refractivity contribution in [3.05, 3.63) is 47.8 Å². The van der Waals surface area contributed by atoms with Gasteiger partial charge in [-0.15, -0.1) is 0 Å². The van der Waals surface area contributed by atoms with Crippen molar-refractivity contribution in [2.24, 2.45) is 5.41 Å². The number of nitrogens with zero attached hydrogens (tertiary/aromatic N) is 2. The van der Waals surface area contributed by atoms with Crippen LogP contribution in [-0.2, 0) is 6.54 Å². The Balaban J connectivity index is 2.07. The SMILES string of the molecule is Cc1ccc(C)c(NC(=S)NC(Cn2cccn2)C(C)(C)C)c1. The van der Waals surface area contributed by atoms with Crippen molar-refractivity contribution in [3.8, 4) is 0 Å². The Morgan fingerprint density at radius 2 is 2.04 bits per heavy atom. The predicted molar refractivity (Wildman–Crippen MR) is 101 cm³/mol. The third-order valence-corrected chi connectivity index (χ3v) is 4.14. The molecule has 1 aromatic carbocycles. The fraction of sp³-hybridized carbons (Fsp3) is 0.444. The smallest absolute Gasteiger partial charge is 0.171 e. The van der Waals surface area contributed by atoms with Gasteiger partial charge in [0.05, 0.1) is 12.6 Å². The van der Waals surface area contributed by atoms with Crippen molar-refractivity contribution in [1.29, 1.82) is 0 Å². The van der Waals surface area contributed by atoms with Gasteiger partial charge in [-0.3, -0.25) is 4.68 Å². The maximum Gasteiger partial charge on any atom is 0.171 e. The van der Waals surface area contributed by atoms with Gasteiger partial charge in [-0.25, -0.2) is 0 Å². The molecule has 0 amide bonds. The maximum absolute atomic E-state index is 5.53. The Morgan fingerprint density at radius 1 is 1.30 bits per heavy atom. The summed E-state index contributed by atoms with van der Waals surface area (Å²) in [5.74, 6) is 0. The van der Waals surface area contributed by atoms with Crippen molar-refractivity contribution in [2.75, 3.05) is 5.32 Å². The first-order chi connectivity index (χ1) is 10.8. The average Bonchev–Trinajstić information content (AvgIpc) is 2.94. The standard InChI is InChI=1S/C18H26N4S/c1-13-7-8-14(2)15(11-13)20-17(23)21-16(18(3,4)5)12-22-10-6-9-19-22/h6-11,16H,12H2,1-5H3,(H2,20,21,23). The number of hydrogen-bond donors (Lipinski definition) is 2. The molecule has 1 heterocycles. The van der Waals surface area contributed by atoms with E-state index in [0.717, 1.165) is 12.2 Å². The Hall–Kier alpha value is -1.88. The first-order valence-corrected chi connectivity index (χ1v) is 8.29. The molecule has 0 saturated heterocycles. The monoisotopic (exact) mass is 330 g/mol. The maximum atomic E-state index is 5.53. The first kappa shape index (κ1) is 17.5. The number of rotatable bonds is 4. The molecule has 1 atom stereocenters. The molecule has 0 radical (unpaired) electrons. The van der Waals surface area contributed by atoms with E-state index in [1.54, 1.807) is 6.20 Å². The molecule has 1 aromatic heterocycles. The van der Waals surface area contributed by atoms with Crippen LogP contribution in [-0.4, -0.2) is 20.9 Å². The van der Waals surface area contributed by atoms with Gasteiger partial charge in [0.1, 0.15) is 0 Å². The van der Waals surface area contributed by atoms with Crippen molar-refractivity contribution in [2.45, 2.75) is 47.2 Å². The normalized spacial score (nSPS) is 12.7. The van der Waals surface area contributed by atoms with Crippen LogP contribution in [0.15, 0.2) is 36.7 Å². The van der Waals surface area contributed by atoms with Gasteiger partial charge < -0.3 is 10.6 Å². The van der Waals surface area contributed by atoms with Gasteiger partial charge in [-0.2, -0.15) is 5.10 Å². The quantitative estimate of drug-likeness (QED) is 0.834. The second-order valence-electron chi connectivity index (χ2n) is 7.06. The summed E-state index contributed by atoms with van der Waals surface area (Å²) in [7, 11) is 0. The van der Waals surface area contributed by atoms with E-state index in [1.165, 1.54) is 11.1 Å². The molecule has 0 aliphatic carbocycles. The van der Waals surface area contributed by atoms with Gasteiger partial charge in [-0.1, -0.05) is 32.9 Å². The number of aryl methyl sites for hydroxylation is 2. The topological polar surface area (TPSA) is 41.9 Å². The number of aromatic nitrogens is 2. The largest absolute Gasteiger partial charge is 0.357 e. The third-order valence-electron chi connectivity index (χ3n) is 3.92. The number of benzene rings is 1.